The van der Waals surface area contributed by atoms with Gasteiger partial charge in [-0.15, -0.1) is 11.3 Å². The third kappa shape index (κ3) is 5.47. The van der Waals surface area contributed by atoms with E-state index in [0.29, 0.717) is 5.92 Å². The highest BCUT2D eigenvalue weighted by Gasteiger charge is 2.35. The van der Waals surface area contributed by atoms with Crippen molar-refractivity contribution in [2.45, 2.75) is 79.6 Å². The summed E-state index contributed by atoms with van der Waals surface area (Å²) >= 11 is 1.77. The van der Waals surface area contributed by atoms with Gasteiger partial charge in [-0.1, -0.05) is 82.4 Å². The second kappa shape index (κ2) is 11.1. The molecule has 166 valence electrons. The van der Waals surface area contributed by atoms with Gasteiger partial charge in [0.25, 0.3) is 0 Å². The van der Waals surface area contributed by atoms with Crippen molar-refractivity contribution >= 4 is 16.9 Å². The molecule has 4 rings (SSSR count). The van der Waals surface area contributed by atoms with Crippen molar-refractivity contribution in [3.8, 4) is 10.6 Å². The largest absolute Gasteiger partial charge is 0.236 e. The summed E-state index contributed by atoms with van der Waals surface area (Å²) in [6, 6.07) is 8.81. The predicted molar refractivity (Wildman–Crippen MR) is 138 cm³/mol. The summed E-state index contributed by atoms with van der Waals surface area (Å²) in [6.07, 6.45) is 11.5. The molecule has 0 spiro atoms. The van der Waals surface area contributed by atoms with Crippen LogP contribution in [0.5, 0.6) is 0 Å². The molecule has 1 heterocycles. The zero-order valence-corrected chi connectivity index (χ0v) is 20.9. The predicted octanol–water partition coefficient (Wildman–Crippen LogP) is 9.27. The van der Waals surface area contributed by atoms with Crippen LogP contribution in [0.1, 0.15) is 84.4 Å². The summed E-state index contributed by atoms with van der Waals surface area (Å²) in [5, 5.41) is 3.39. The minimum atomic E-state index is 0.524. The maximum Gasteiger partial charge on any atom is 0.124 e. The number of allylic oxidation sites excluding steroid dienone is 5. The van der Waals surface area contributed by atoms with E-state index in [2.05, 4.69) is 76.9 Å². The van der Waals surface area contributed by atoms with Crippen LogP contribution in [-0.4, -0.2) is 4.98 Å². The molecule has 0 aliphatic heterocycles. The lowest BCUT2D eigenvalue weighted by Gasteiger charge is -2.23. The minimum Gasteiger partial charge on any atom is -0.236 e. The molecular weight excluding hydrogens is 394 g/mol. The fraction of sp³-hybridized carbons (Fsp3) is 0.483. The summed E-state index contributed by atoms with van der Waals surface area (Å²) in [5.74, 6) is 1.29. The van der Waals surface area contributed by atoms with Crippen molar-refractivity contribution in [3.05, 3.63) is 70.3 Å². The monoisotopic (exact) mass is 433 g/mol. The number of benzene rings is 1. The summed E-state index contributed by atoms with van der Waals surface area (Å²) in [6.45, 7) is 15.2. The molecule has 1 unspecified atom stereocenters. The fourth-order valence-corrected chi connectivity index (χ4v) is 5.64. The molecule has 0 N–H and O–H groups in total. The Bertz CT molecular complexity index is 951. The normalized spacial score (nSPS) is 18.7. The molecule has 0 amide bonds. The SMILES string of the molecule is C=C(C)C1=C(C)C(C2CCCC2)C(c2csc(-c3cccc(CC)c3)n2)=C1.CCCC. The number of rotatable bonds is 6. The van der Waals surface area contributed by atoms with Crippen LogP contribution < -0.4 is 0 Å². The minimum absolute atomic E-state index is 0.524. The van der Waals surface area contributed by atoms with Crippen LogP contribution >= 0.6 is 11.3 Å². The van der Waals surface area contributed by atoms with E-state index < -0.39 is 0 Å². The average molecular weight is 434 g/mol. The molecule has 1 aromatic carbocycles. The molecule has 0 bridgehead atoms. The Morgan fingerprint density at radius 2 is 1.84 bits per heavy atom. The first-order valence-corrected chi connectivity index (χ1v) is 13.0. The van der Waals surface area contributed by atoms with Gasteiger partial charge < -0.3 is 0 Å². The zero-order chi connectivity index (χ0) is 22.4. The summed E-state index contributed by atoms with van der Waals surface area (Å²) in [4.78, 5) is 5.08. The maximum atomic E-state index is 5.08. The lowest BCUT2D eigenvalue weighted by atomic mass is 9.81. The molecule has 1 aromatic heterocycles. The molecule has 0 radical (unpaired) electrons. The summed E-state index contributed by atoms with van der Waals surface area (Å²) < 4.78 is 0. The first-order valence-electron chi connectivity index (χ1n) is 12.1. The Labute approximate surface area is 194 Å². The van der Waals surface area contributed by atoms with E-state index in [9.17, 15) is 0 Å². The van der Waals surface area contributed by atoms with Gasteiger partial charge >= 0.3 is 0 Å². The highest BCUT2D eigenvalue weighted by molar-refractivity contribution is 7.13. The van der Waals surface area contributed by atoms with Gasteiger partial charge in [0.1, 0.15) is 5.01 Å². The smallest absolute Gasteiger partial charge is 0.124 e. The van der Waals surface area contributed by atoms with Crippen LogP contribution in [0.15, 0.2) is 59.0 Å². The van der Waals surface area contributed by atoms with Crippen molar-refractivity contribution in [3.63, 3.8) is 0 Å². The Morgan fingerprint density at radius 1 is 1.13 bits per heavy atom. The molecule has 1 saturated carbocycles. The molecule has 2 aliphatic carbocycles. The fourth-order valence-electron chi connectivity index (χ4n) is 4.81. The van der Waals surface area contributed by atoms with Crippen molar-refractivity contribution < 1.29 is 0 Å². The number of aromatic nitrogens is 1. The van der Waals surface area contributed by atoms with E-state index in [-0.39, 0.29) is 0 Å². The summed E-state index contributed by atoms with van der Waals surface area (Å²) in [7, 11) is 0. The van der Waals surface area contributed by atoms with Gasteiger partial charge in [-0.25, -0.2) is 4.98 Å². The highest BCUT2D eigenvalue weighted by atomic mass is 32.1. The van der Waals surface area contributed by atoms with Gasteiger partial charge in [0.15, 0.2) is 0 Å². The first-order chi connectivity index (χ1) is 15.0. The number of unbranched alkanes of at least 4 members (excludes halogenated alkanes) is 1. The topological polar surface area (TPSA) is 12.9 Å². The quantitative estimate of drug-likeness (QED) is 0.442. The summed E-state index contributed by atoms with van der Waals surface area (Å²) in [5.41, 5.74) is 9.24. The van der Waals surface area contributed by atoms with Crippen molar-refractivity contribution in [1.82, 2.24) is 4.98 Å². The zero-order valence-electron chi connectivity index (χ0n) is 20.1. The lowest BCUT2D eigenvalue weighted by molar-refractivity contribution is 0.465. The Balaban J connectivity index is 0.000000628. The Hall–Kier alpha value is -1.93. The molecule has 2 heteroatoms. The first kappa shape index (κ1) is 23.7. The third-order valence-corrected chi connectivity index (χ3v) is 7.63. The lowest BCUT2D eigenvalue weighted by Crippen LogP contribution is -2.13. The number of hydrogen-bond donors (Lipinski definition) is 0. The van der Waals surface area contributed by atoms with Gasteiger partial charge in [-0.05, 0) is 67.9 Å². The van der Waals surface area contributed by atoms with E-state index in [4.69, 9.17) is 4.98 Å². The Morgan fingerprint density at radius 3 is 2.45 bits per heavy atom. The van der Waals surface area contributed by atoms with Crippen molar-refractivity contribution in [1.29, 1.82) is 0 Å². The van der Waals surface area contributed by atoms with Gasteiger partial charge in [0.05, 0.1) is 5.69 Å². The number of aryl methyl sites for hydroxylation is 1. The molecule has 1 atom stereocenters. The molecule has 2 aromatic rings. The van der Waals surface area contributed by atoms with E-state index in [1.165, 1.54) is 77.6 Å². The van der Waals surface area contributed by atoms with Crippen LogP contribution in [0.25, 0.3) is 16.1 Å². The second-order valence-corrected chi connectivity index (χ2v) is 9.95. The Kier molecular flexibility index (Phi) is 8.49. The number of nitrogens with zero attached hydrogens (tertiary/aromatic N) is 1. The third-order valence-electron chi connectivity index (χ3n) is 6.74. The molecule has 1 nitrogen and oxygen atoms in total. The van der Waals surface area contributed by atoms with Gasteiger partial charge in [0.2, 0.25) is 0 Å². The maximum absolute atomic E-state index is 5.08. The van der Waals surface area contributed by atoms with E-state index >= 15 is 0 Å². The van der Waals surface area contributed by atoms with Crippen molar-refractivity contribution in [2.24, 2.45) is 11.8 Å². The second-order valence-electron chi connectivity index (χ2n) is 9.09. The van der Waals surface area contributed by atoms with E-state index in [1.54, 1.807) is 11.3 Å². The van der Waals surface area contributed by atoms with Gasteiger partial charge in [-0.2, -0.15) is 0 Å². The van der Waals surface area contributed by atoms with Crippen LogP contribution in [0, 0.1) is 11.8 Å². The number of hydrogen-bond acceptors (Lipinski definition) is 2. The van der Waals surface area contributed by atoms with Crippen LogP contribution in [0.3, 0.4) is 0 Å². The molecular formula is C29H39NS. The van der Waals surface area contributed by atoms with Crippen LogP contribution in [0.2, 0.25) is 0 Å². The van der Waals surface area contributed by atoms with Gasteiger partial charge in [0, 0.05) is 16.9 Å². The molecule has 0 saturated heterocycles. The molecule has 1 fully saturated rings. The average Bonchev–Trinajstić information content (AvgIpc) is 3.53. The van der Waals surface area contributed by atoms with Crippen LogP contribution in [-0.2, 0) is 6.42 Å². The molecule has 2 aliphatic rings. The van der Waals surface area contributed by atoms with Crippen LogP contribution in [0.4, 0.5) is 0 Å². The van der Waals surface area contributed by atoms with E-state index in [0.717, 1.165) is 17.3 Å². The van der Waals surface area contributed by atoms with E-state index in [1.807, 2.05) is 0 Å². The standard InChI is InChI=1S/C25H29NS.C4H10/c1-5-18-9-8-12-20(13-18)25-26-23(15-27-25)22-14-21(16(2)3)17(4)24(22)19-10-6-7-11-19;1-3-4-2/h8-9,12-15,19,24H,2,5-7,10-11H2,1,3-4H3;3-4H2,1-2H3. The molecule has 31 heavy (non-hydrogen) atoms. The van der Waals surface area contributed by atoms with Crippen molar-refractivity contribution in [2.75, 3.05) is 0 Å². The highest BCUT2D eigenvalue weighted by Crippen LogP contribution is 2.49. The van der Waals surface area contributed by atoms with Gasteiger partial charge in [-0.3, -0.25) is 0 Å². The number of thiazole rings is 1.